The van der Waals surface area contributed by atoms with Gasteiger partial charge in [-0.3, -0.25) is 4.90 Å². The summed E-state index contributed by atoms with van der Waals surface area (Å²) >= 11 is 0. The average molecular weight is 328 g/mol. The zero-order valence-corrected chi connectivity index (χ0v) is 13.9. The Morgan fingerprint density at radius 1 is 1.33 bits per heavy atom. The van der Waals surface area contributed by atoms with Crippen molar-refractivity contribution in [3.63, 3.8) is 0 Å². The third-order valence-electron chi connectivity index (χ3n) is 4.28. The van der Waals surface area contributed by atoms with E-state index in [-0.39, 0.29) is 6.10 Å². The van der Waals surface area contributed by atoms with Gasteiger partial charge in [0.05, 0.1) is 18.8 Å². The SMILES string of the molecule is Cc1ccccc1[C@H](O)CN1CCO[C@@H](CNc2cccnn2)C1. The molecule has 3 rings (SSSR count). The Kier molecular flexibility index (Phi) is 5.74. The molecule has 2 N–H and O–H groups in total. The lowest BCUT2D eigenvalue weighted by Crippen LogP contribution is -2.46. The molecule has 0 bridgehead atoms. The first-order chi connectivity index (χ1) is 11.7. The molecule has 0 aliphatic carbocycles. The fraction of sp³-hybridized carbons (Fsp3) is 0.444. The minimum atomic E-state index is -0.474. The fourth-order valence-electron chi connectivity index (χ4n) is 2.99. The quantitative estimate of drug-likeness (QED) is 0.840. The lowest BCUT2D eigenvalue weighted by Gasteiger charge is -2.34. The summed E-state index contributed by atoms with van der Waals surface area (Å²) in [7, 11) is 0. The van der Waals surface area contributed by atoms with E-state index in [0.717, 1.165) is 30.0 Å². The molecule has 2 aromatic rings. The van der Waals surface area contributed by atoms with Crippen LogP contribution in [0.1, 0.15) is 17.2 Å². The number of morpholine rings is 1. The van der Waals surface area contributed by atoms with E-state index in [1.54, 1.807) is 6.20 Å². The van der Waals surface area contributed by atoms with E-state index < -0.39 is 6.10 Å². The second kappa shape index (κ2) is 8.19. The van der Waals surface area contributed by atoms with E-state index in [0.29, 0.717) is 19.7 Å². The van der Waals surface area contributed by atoms with Gasteiger partial charge in [-0.05, 0) is 30.2 Å². The van der Waals surface area contributed by atoms with Crippen molar-refractivity contribution in [3.05, 3.63) is 53.7 Å². The summed E-state index contributed by atoms with van der Waals surface area (Å²) in [6.07, 6.45) is 1.25. The zero-order valence-electron chi connectivity index (χ0n) is 13.9. The average Bonchev–Trinajstić information content (AvgIpc) is 2.61. The molecule has 128 valence electrons. The molecular formula is C18H24N4O2. The Balaban J connectivity index is 1.51. The van der Waals surface area contributed by atoms with E-state index >= 15 is 0 Å². The van der Waals surface area contributed by atoms with E-state index in [4.69, 9.17) is 4.74 Å². The highest BCUT2D eigenvalue weighted by molar-refractivity contribution is 5.31. The van der Waals surface area contributed by atoms with Gasteiger partial charge in [0.1, 0.15) is 5.82 Å². The van der Waals surface area contributed by atoms with Gasteiger partial charge in [0.15, 0.2) is 0 Å². The van der Waals surface area contributed by atoms with Gasteiger partial charge >= 0.3 is 0 Å². The molecule has 1 aliphatic rings. The number of ether oxygens (including phenoxy) is 1. The predicted octanol–water partition coefficient (Wildman–Crippen LogP) is 1.63. The Morgan fingerprint density at radius 2 is 2.21 bits per heavy atom. The number of benzene rings is 1. The lowest BCUT2D eigenvalue weighted by atomic mass is 10.0. The minimum Gasteiger partial charge on any atom is -0.387 e. The van der Waals surface area contributed by atoms with Crippen LogP contribution in [0.5, 0.6) is 0 Å². The van der Waals surface area contributed by atoms with E-state index in [9.17, 15) is 5.11 Å². The standard InChI is InChI=1S/C18H24N4O2/c1-14-5-2-3-6-16(14)17(23)13-22-9-10-24-15(12-22)11-19-18-7-4-8-20-21-18/h2-8,15,17,23H,9-13H2,1H3,(H,19,21)/t15-,17+/m0/s1. The molecule has 0 unspecified atom stereocenters. The molecular weight excluding hydrogens is 304 g/mol. The van der Waals surface area contributed by atoms with Crippen molar-refractivity contribution >= 4 is 5.82 Å². The molecule has 0 spiro atoms. The third kappa shape index (κ3) is 4.50. The third-order valence-corrected chi connectivity index (χ3v) is 4.28. The number of aliphatic hydroxyl groups excluding tert-OH is 1. The van der Waals surface area contributed by atoms with Gasteiger partial charge in [-0.15, -0.1) is 5.10 Å². The van der Waals surface area contributed by atoms with Crippen LogP contribution in [0, 0.1) is 6.92 Å². The molecule has 0 amide bonds. The number of anilines is 1. The number of rotatable bonds is 6. The molecule has 6 heteroatoms. The molecule has 0 radical (unpaired) electrons. The highest BCUT2D eigenvalue weighted by Crippen LogP contribution is 2.19. The van der Waals surface area contributed by atoms with Gasteiger partial charge in [0.25, 0.3) is 0 Å². The van der Waals surface area contributed by atoms with Crippen LogP contribution in [0.4, 0.5) is 5.82 Å². The maximum absolute atomic E-state index is 10.5. The van der Waals surface area contributed by atoms with E-state index in [1.807, 2.05) is 43.3 Å². The predicted molar refractivity (Wildman–Crippen MR) is 92.8 cm³/mol. The van der Waals surface area contributed by atoms with Gasteiger partial charge in [-0.1, -0.05) is 24.3 Å². The van der Waals surface area contributed by atoms with Crippen molar-refractivity contribution in [2.45, 2.75) is 19.1 Å². The van der Waals surface area contributed by atoms with Crippen LogP contribution in [0.25, 0.3) is 0 Å². The van der Waals surface area contributed by atoms with Crippen LogP contribution in [-0.2, 0) is 4.74 Å². The van der Waals surface area contributed by atoms with Gasteiger partial charge < -0.3 is 15.2 Å². The minimum absolute atomic E-state index is 0.0739. The normalized spacial score (nSPS) is 19.8. The largest absolute Gasteiger partial charge is 0.387 e. The first kappa shape index (κ1) is 16.8. The van der Waals surface area contributed by atoms with Crippen LogP contribution >= 0.6 is 0 Å². The first-order valence-electron chi connectivity index (χ1n) is 8.31. The molecule has 1 aromatic carbocycles. The van der Waals surface area contributed by atoms with Gasteiger partial charge in [-0.25, -0.2) is 0 Å². The van der Waals surface area contributed by atoms with E-state index in [1.165, 1.54) is 0 Å². The molecule has 2 heterocycles. The number of β-amino-alcohol motifs (C(OH)–C–C–N with tert-alkyl or cyclic N) is 1. The van der Waals surface area contributed by atoms with Crippen molar-refractivity contribution in [2.24, 2.45) is 0 Å². The maximum Gasteiger partial charge on any atom is 0.148 e. The van der Waals surface area contributed by atoms with Gasteiger partial charge in [0.2, 0.25) is 0 Å². The molecule has 24 heavy (non-hydrogen) atoms. The number of hydrogen-bond donors (Lipinski definition) is 2. The second-order valence-corrected chi connectivity index (χ2v) is 6.11. The van der Waals surface area contributed by atoms with Gasteiger partial charge in [0, 0.05) is 32.4 Å². The molecule has 1 aromatic heterocycles. The van der Waals surface area contributed by atoms with Crippen molar-refractivity contribution < 1.29 is 9.84 Å². The van der Waals surface area contributed by atoms with Crippen molar-refractivity contribution in [1.82, 2.24) is 15.1 Å². The number of aliphatic hydroxyl groups is 1. The van der Waals surface area contributed by atoms with Crippen LogP contribution in [0.3, 0.4) is 0 Å². The van der Waals surface area contributed by atoms with Gasteiger partial charge in [-0.2, -0.15) is 5.10 Å². The summed E-state index contributed by atoms with van der Waals surface area (Å²) in [5.74, 6) is 0.748. The van der Waals surface area contributed by atoms with E-state index in [2.05, 4.69) is 20.4 Å². The first-order valence-corrected chi connectivity index (χ1v) is 8.31. The number of nitrogens with one attached hydrogen (secondary N) is 1. The Morgan fingerprint density at radius 3 is 3.00 bits per heavy atom. The Bertz CT molecular complexity index is 638. The van der Waals surface area contributed by atoms with Crippen molar-refractivity contribution in [1.29, 1.82) is 0 Å². The Hall–Kier alpha value is -2.02. The molecule has 0 saturated carbocycles. The number of hydrogen-bond acceptors (Lipinski definition) is 6. The molecule has 2 atom stereocenters. The molecule has 6 nitrogen and oxygen atoms in total. The molecule has 1 fully saturated rings. The Labute approximate surface area is 142 Å². The van der Waals surface area contributed by atoms with Crippen molar-refractivity contribution in [2.75, 3.05) is 38.1 Å². The van der Waals surface area contributed by atoms with Crippen LogP contribution in [0.15, 0.2) is 42.6 Å². The number of aromatic nitrogens is 2. The number of aryl methyl sites for hydroxylation is 1. The maximum atomic E-state index is 10.5. The van der Waals surface area contributed by atoms with Crippen LogP contribution in [-0.4, -0.2) is 59.1 Å². The smallest absolute Gasteiger partial charge is 0.148 e. The highest BCUT2D eigenvalue weighted by Gasteiger charge is 2.23. The summed E-state index contributed by atoms with van der Waals surface area (Å²) in [6.45, 7) is 5.63. The lowest BCUT2D eigenvalue weighted by molar-refractivity contribution is -0.0344. The number of nitrogens with zero attached hydrogens (tertiary/aromatic N) is 3. The second-order valence-electron chi connectivity index (χ2n) is 6.11. The fourth-order valence-corrected chi connectivity index (χ4v) is 2.99. The monoisotopic (exact) mass is 328 g/mol. The van der Waals surface area contributed by atoms with Crippen LogP contribution < -0.4 is 5.32 Å². The topological polar surface area (TPSA) is 70.5 Å². The summed E-state index contributed by atoms with van der Waals surface area (Å²) < 4.78 is 5.81. The van der Waals surface area contributed by atoms with Crippen molar-refractivity contribution in [3.8, 4) is 0 Å². The highest BCUT2D eigenvalue weighted by atomic mass is 16.5. The van der Waals surface area contributed by atoms with Crippen LogP contribution in [0.2, 0.25) is 0 Å². The molecule has 1 aliphatic heterocycles. The molecule has 1 saturated heterocycles. The summed E-state index contributed by atoms with van der Waals surface area (Å²) in [4.78, 5) is 2.25. The zero-order chi connectivity index (χ0) is 16.8. The summed E-state index contributed by atoms with van der Waals surface area (Å²) in [5, 5.41) is 21.6. The summed E-state index contributed by atoms with van der Waals surface area (Å²) in [5.41, 5.74) is 2.12. The summed E-state index contributed by atoms with van der Waals surface area (Å²) in [6, 6.07) is 11.7.